The van der Waals surface area contributed by atoms with Crippen molar-refractivity contribution in [2.45, 2.75) is 0 Å². The van der Waals surface area contributed by atoms with Crippen LogP contribution in [0.4, 0.5) is 14.5 Å². The monoisotopic (exact) mass is 293 g/mol. The molecule has 2 nitrogen and oxygen atoms in total. The van der Waals surface area contributed by atoms with Crippen molar-refractivity contribution in [3.8, 4) is 0 Å². The van der Waals surface area contributed by atoms with E-state index in [1.165, 1.54) is 36.4 Å². The number of hydrogen-bond acceptors (Lipinski definition) is 1. The molecule has 5 heteroatoms. The molecule has 0 unspecified atom stereocenters. The Morgan fingerprint density at radius 2 is 1.70 bits per heavy atom. The quantitative estimate of drug-likeness (QED) is 0.841. The summed E-state index contributed by atoms with van der Waals surface area (Å²) >= 11 is 5.79. The fourth-order valence-electron chi connectivity index (χ4n) is 1.51. The minimum absolute atomic E-state index is 0.119. The number of carbonyl (C=O) groups is 1. The first kappa shape index (κ1) is 14.2. The standard InChI is InChI=1S/C15H10ClF2NO/c16-13-9-12(18)6-7-14(13)19-15(20)8-3-10-1-4-11(17)5-2-10/h1-9H,(H,19,20)/b8-3+. The van der Waals surface area contributed by atoms with Crippen molar-refractivity contribution in [3.05, 3.63) is 70.8 Å². The first-order valence-corrected chi connectivity index (χ1v) is 6.12. The number of anilines is 1. The van der Waals surface area contributed by atoms with E-state index < -0.39 is 11.7 Å². The van der Waals surface area contributed by atoms with E-state index in [0.29, 0.717) is 11.3 Å². The number of rotatable bonds is 3. The van der Waals surface area contributed by atoms with Gasteiger partial charge >= 0.3 is 0 Å². The van der Waals surface area contributed by atoms with E-state index >= 15 is 0 Å². The third kappa shape index (κ3) is 3.90. The molecule has 0 saturated heterocycles. The molecule has 2 aromatic rings. The molecule has 0 atom stereocenters. The highest BCUT2D eigenvalue weighted by Crippen LogP contribution is 2.22. The van der Waals surface area contributed by atoms with Crippen LogP contribution in [-0.2, 0) is 4.79 Å². The number of hydrogen-bond donors (Lipinski definition) is 1. The Labute approximate surface area is 119 Å². The fraction of sp³-hybridized carbons (Fsp3) is 0. The summed E-state index contributed by atoms with van der Waals surface area (Å²) in [5, 5.41) is 2.64. The zero-order valence-corrected chi connectivity index (χ0v) is 11.0. The number of nitrogens with one attached hydrogen (secondary N) is 1. The van der Waals surface area contributed by atoms with E-state index in [9.17, 15) is 13.6 Å². The van der Waals surface area contributed by atoms with Gasteiger partial charge in [0.1, 0.15) is 11.6 Å². The molecule has 0 spiro atoms. The maximum atomic E-state index is 12.8. The second kappa shape index (κ2) is 6.30. The van der Waals surface area contributed by atoms with Crippen LogP contribution in [-0.4, -0.2) is 5.91 Å². The molecular weight excluding hydrogens is 284 g/mol. The van der Waals surface area contributed by atoms with Crippen molar-refractivity contribution in [3.63, 3.8) is 0 Å². The summed E-state index contributed by atoms with van der Waals surface area (Å²) in [7, 11) is 0. The predicted molar refractivity (Wildman–Crippen MR) is 75.5 cm³/mol. The minimum Gasteiger partial charge on any atom is -0.321 e. The van der Waals surface area contributed by atoms with Gasteiger partial charge in [0.2, 0.25) is 5.91 Å². The minimum atomic E-state index is -0.477. The molecule has 0 saturated carbocycles. The van der Waals surface area contributed by atoms with Crippen LogP contribution in [0.15, 0.2) is 48.5 Å². The Morgan fingerprint density at radius 3 is 2.35 bits per heavy atom. The molecular formula is C15H10ClF2NO. The summed E-state index contributed by atoms with van der Waals surface area (Å²) < 4.78 is 25.5. The normalized spacial score (nSPS) is 10.8. The lowest BCUT2D eigenvalue weighted by Gasteiger charge is -2.04. The van der Waals surface area contributed by atoms with Crippen LogP contribution >= 0.6 is 11.6 Å². The van der Waals surface area contributed by atoms with Crippen LogP contribution in [0.5, 0.6) is 0 Å². The lowest BCUT2D eigenvalue weighted by Crippen LogP contribution is -2.08. The summed E-state index contributed by atoms with van der Waals surface area (Å²) in [6.07, 6.45) is 2.82. The van der Waals surface area contributed by atoms with E-state index in [-0.39, 0.29) is 10.8 Å². The van der Waals surface area contributed by atoms with E-state index in [0.717, 1.165) is 6.07 Å². The third-order valence-electron chi connectivity index (χ3n) is 2.49. The largest absolute Gasteiger partial charge is 0.321 e. The van der Waals surface area contributed by atoms with Gasteiger partial charge in [-0.05, 0) is 42.0 Å². The van der Waals surface area contributed by atoms with Gasteiger partial charge in [-0.3, -0.25) is 4.79 Å². The SMILES string of the molecule is O=C(/C=C/c1ccc(F)cc1)Nc1ccc(F)cc1Cl. The lowest BCUT2D eigenvalue weighted by atomic mass is 10.2. The van der Waals surface area contributed by atoms with Crippen molar-refractivity contribution in [1.29, 1.82) is 0 Å². The van der Waals surface area contributed by atoms with E-state index in [1.54, 1.807) is 12.1 Å². The molecule has 0 fully saturated rings. The van der Waals surface area contributed by atoms with Crippen LogP contribution in [0.3, 0.4) is 0 Å². The third-order valence-corrected chi connectivity index (χ3v) is 2.80. The zero-order chi connectivity index (χ0) is 14.5. The van der Waals surface area contributed by atoms with Gasteiger partial charge in [0.05, 0.1) is 10.7 Å². The van der Waals surface area contributed by atoms with Gasteiger partial charge in [-0.1, -0.05) is 23.7 Å². The first-order chi connectivity index (χ1) is 9.54. The fourth-order valence-corrected chi connectivity index (χ4v) is 1.73. The Bertz CT molecular complexity index is 653. The smallest absolute Gasteiger partial charge is 0.248 e. The summed E-state index contributed by atoms with van der Waals surface area (Å²) in [6, 6.07) is 9.38. The van der Waals surface area contributed by atoms with Crippen molar-refractivity contribution in [2.75, 3.05) is 5.32 Å². The molecule has 102 valence electrons. The average molecular weight is 294 g/mol. The maximum Gasteiger partial charge on any atom is 0.248 e. The molecule has 1 amide bonds. The Kier molecular flexibility index (Phi) is 4.48. The van der Waals surface area contributed by atoms with Crippen LogP contribution < -0.4 is 5.32 Å². The summed E-state index contributed by atoms with van der Waals surface area (Å²) in [6.45, 7) is 0. The second-order valence-electron chi connectivity index (χ2n) is 4.00. The van der Waals surface area contributed by atoms with Gasteiger partial charge in [0, 0.05) is 6.08 Å². The van der Waals surface area contributed by atoms with E-state index in [1.807, 2.05) is 0 Å². The molecule has 1 N–H and O–H groups in total. The Balaban J connectivity index is 2.03. The second-order valence-corrected chi connectivity index (χ2v) is 4.41. The van der Waals surface area contributed by atoms with Crippen molar-refractivity contribution in [1.82, 2.24) is 0 Å². The summed E-state index contributed by atoms with van der Waals surface area (Å²) in [4.78, 5) is 11.7. The molecule has 0 aliphatic carbocycles. The van der Waals surface area contributed by atoms with Crippen molar-refractivity contribution >= 4 is 29.3 Å². The highest BCUT2D eigenvalue weighted by molar-refractivity contribution is 6.33. The predicted octanol–water partition coefficient (Wildman–Crippen LogP) is 4.27. The number of benzene rings is 2. The number of halogens is 3. The van der Waals surface area contributed by atoms with Gasteiger partial charge in [-0.15, -0.1) is 0 Å². The number of amides is 1. The maximum absolute atomic E-state index is 12.8. The van der Waals surface area contributed by atoms with Gasteiger partial charge in [-0.2, -0.15) is 0 Å². The van der Waals surface area contributed by atoms with Crippen molar-refractivity contribution in [2.24, 2.45) is 0 Å². The molecule has 0 aliphatic heterocycles. The molecule has 20 heavy (non-hydrogen) atoms. The molecule has 0 heterocycles. The first-order valence-electron chi connectivity index (χ1n) is 5.74. The average Bonchev–Trinajstić information content (AvgIpc) is 2.41. The molecule has 0 aliphatic rings. The highest BCUT2D eigenvalue weighted by Gasteiger charge is 2.04. The van der Waals surface area contributed by atoms with Crippen LogP contribution in [0.2, 0.25) is 5.02 Å². The van der Waals surface area contributed by atoms with Gasteiger partial charge in [-0.25, -0.2) is 8.78 Å². The van der Waals surface area contributed by atoms with Gasteiger partial charge in [0.15, 0.2) is 0 Å². The molecule has 2 rings (SSSR count). The van der Waals surface area contributed by atoms with Crippen LogP contribution in [0.1, 0.15) is 5.56 Å². The molecule has 2 aromatic carbocycles. The lowest BCUT2D eigenvalue weighted by molar-refractivity contribution is -0.111. The topological polar surface area (TPSA) is 29.1 Å². The van der Waals surface area contributed by atoms with Crippen LogP contribution in [0.25, 0.3) is 6.08 Å². The Morgan fingerprint density at radius 1 is 1.05 bits per heavy atom. The highest BCUT2D eigenvalue weighted by atomic mass is 35.5. The van der Waals surface area contributed by atoms with E-state index in [4.69, 9.17) is 11.6 Å². The molecule has 0 radical (unpaired) electrons. The number of carbonyl (C=O) groups excluding carboxylic acids is 1. The van der Waals surface area contributed by atoms with Crippen molar-refractivity contribution < 1.29 is 13.6 Å². The van der Waals surface area contributed by atoms with Gasteiger partial charge < -0.3 is 5.32 Å². The van der Waals surface area contributed by atoms with E-state index in [2.05, 4.69) is 5.32 Å². The summed E-state index contributed by atoms with van der Waals surface area (Å²) in [5.41, 5.74) is 1.01. The molecule has 0 bridgehead atoms. The Hall–Kier alpha value is -2.20. The summed E-state index contributed by atoms with van der Waals surface area (Å²) in [5.74, 6) is -1.23. The van der Waals surface area contributed by atoms with Crippen LogP contribution in [0, 0.1) is 11.6 Å². The molecule has 0 aromatic heterocycles. The zero-order valence-electron chi connectivity index (χ0n) is 10.2. The van der Waals surface area contributed by atoms with Gasteiger partial charge in [0.25, 0.3) is 0 Å².